The summed E-state index contributed by atoms with van der Waals surface area (Å²) in [6.07, 6.45) is 5.93. The molecule has 0 atom stereocenters. The topological polar surface area (TPSA) is 46.9 Å². The van der Waals surface area contributed by atoms with Crippen molar-refractivity contribution in [2.45, 2.75) is 32.6 Å². The fraction of sp³-hybridized carbons (Fsp3) is 0.636. The Morgan fingerprint density at radius 2 is 2.19 bits per heavy atom. The second kappa shape index (κ2) is 7.28. The van der Waals surface area contributed by atoms with Gasteiger partial charge < -0.3 is 5.32 Å². The zero-order valence-electron chi connectivity index (χ0n) is 9.58. The van der Waals surface area contributed by atoms with Crippen LogP contribution in [0, 0.1) is 6.92 Å². The number of nitrogens with one attached hydrogen (secondary N) is 1. The first-order chi connectivity index (χ1) is 7.74. The largest absolute Gasteiger partial charge is 0.342 e. The van der Waals surface area contributed by atoms with Crippen LogP contribution in [-0.4, -0.2) is 28.2 Å². The van der Waals surface area contributed by atoms with E-state index in [1.54, 1.807) is 12.3 Å². The summed E-state index contributed by atoms with van der Waals surface area (Å²) in [7, 11) is 0. The van der Waals surface area contributed by atoms with E-state index < -0.39 is 0 Å². The van der Waals surface area contributed by atoms with Crippen LogP contribution < -0.4 is 5.32 Å². The molecule has 0 spiro atoms. The second-order valence-electron chi connectivity index (χ2n) is 3.74. The lowest BCUT2D eigenvalue weighted by molar-refractivity contribution is 0.239. The molecule has 5 heteroatoms. The molecule has 0 saturated heterocycles. The average molecular weight is 244 g/mol. The molecule has 1 N–H and O–H groups in total. The minimum atomic E-state index is -0.162. The predicted octanol–water partition coefficient (Wildman–Crippen LogP) is 2.55. The number of alkyl halides is 1. The summed E-state index contributed by atoms with van der Waals surface area (Å²) in [6, 6.07) is 1.64. The maximum absolute atomic E-state index is 11.5. The van der Waals surface area contributed by atoms with Gasteiger partial charge in [0.1, 0.15) is 0 Å². The smallest absolute Gasteiger partial charge is 0.336 e. The number of rotatable bonds is 6. The van der Waals surface area contributed by atoms with Gasteiger partial charge in [-0.1, -0.05) is 12.8 Å². The van der Waals surface area contributed by atoms with Crippen molar-refractivity contribution >= 4 is 17.6 Å². The van der Waals surface area contributed by atoms with Crippen LogP contribution in [0.3, 0.4) is 0 Å². The lowest BCUT2D eigenvalue weighted by Crippen LogP contribution is -2.29. The minimum absolute atomic E-state index is 0.162. The number of aromatic nitrogens is 2. The number of nitrogens with zero attached hydrogens (tertiary/aromatic N) is 2. The number of carbonyl (C=O) groups is 1. The molecular weight excluding hydrogens is 226 g/mol. The predicted molar refractivity (Wildman–Crippen MR) is 64.9 cm³/mol. The van der Waals surface area contributed by atoms with Gasteiger partial charge in [-0.25, -0.2) is 4.79 Å². The third-order valence-corrected chi connectivity index (χ3v) is 2.53. The first kappa shape index (κ1) is 13.0. The van der Waals surface area contributed by atoms with E-state index in [4.69, 9.17) is 11.6 Å². The number of amides is 1. The second-order valence-corrected chi connectivity index (χ2v) is 4.11. The summed E-state index contributed by atoms with van der Waals surface area (Å²) in [6.45, 7) is 2.55. The van der Waals surface area contributed by atoms with Gasteiger partial charge in [-0.05, 0) is 25.8 Å². The highest BCUT2D eigenvalue weighted by Crippen LogP contribution is 2.00. The molecule has 1 aromatic rings. The molecule has 0 saturated carbocycles. The third kappa shape index (κ3) is 4.66. The van der Waals surface area contributed by atoms with Crippen molar-refractivity contribution < 1.29 is 4.79 Å². The molecule has 0 aliphatic carbocycles. The summed E-state index contributed by atoms with van der Waals surface area (Å²) >= 11 is 5.57. The van der Waals surface area contributed by atoms with Crippen molar-refractivity contribution in [1.29, 1.82) is 0 Å². The Balaban J connectivity index is 2.11. The molecule has 16 heavy (non-hydrogen) atoms. The SMILES string of the molecule is Cc1ccn(C(=O)NCCCCCCCl)n1. The van der Waals surface area contributed by atoms with Gasteiger partial charge in [0.2, 0.25) is 0 Å². The number of aryl methyl sites for hydroxylation is 1. The molecule has 1 amide bonds. The van der Waals surface area contributed by atoms with Crippen LogP contribution in [0.15, 0.2) is 12.3 Å². The zero-order chi connectivity index (χ0) is 11.8. The summed E-state index contributed by atoms with van der Waals surface area (Å²) in [5, 5.41) is 6.84. The van der Waals surface area contributed by atoms with E-state index in [0.717, 1.165) is 37.3 Å². The maximum Gasteiger partial charge on any atom is 0.342 e. The standard InChI is InChI=1S/C11H18ClN3O/c1-10-6-9-15(14-10)11(16)13-8-5-3-2-4-7-12/h6,9H,2-5,7-8H2,1H3,(H,13,16). The molecule has 1 aromatic heterocycles. The Labute approximate surface area is 101 Å². The van der Waals surface area contributed by atoms with Crippen molar-refractivity contribution in [3.8, 4) is 0 Å². The highest BCUT2D eigenvalue weighted by molar-refractivity contribution is 6.17. The van der Waals surface area contributed by atoms with E-state index in [1.165, 1.54) is 4.68 Å². The van der Waals surface area contributed by atoms with E-state index >= 15 is 0 Å². The van der Waals surface area contributed by atoms with Gasteiger partial charge >= 0.3 is 6.03 Å². The van der Waals surface area contributed by atoms with Crippen molar-refractivity contribution in [3.63, 3.8) is 0 Å². The average Bonchev–Trinajstić information content (AvgIpc) is 2.70. The Bertz CT molecular complexity index is 325. The Kier molecular flexibility index (Phi) is 5.93. The van der Waals surface area contributed by atoms with Crippen LogP contribution in [0.1, 0.15) is 31.4 Å². The molecule has 0 aliphatic heterocycles. The lowest BCUT2D eigenvalue weighted by Gasteiger charge is -2.04. The van der Waals surface area contributed by atoms with Gasteiger partial charge in [-0.3, -0.25) is 0 Å². The first-order valence-electron chi connectivity index (χ1n) is 5.60. The molecule has 0 fully saturated rings. The van der Waals surface area contributed by atoms with E-state index in [1.807, 2.05) is 6.92 Å². The van der Waals surface area contributed by atoms with Gasteiger partial charge in [0, 0.05) is 18.6 Å². The molecule has 0 radical (unpaired) electrons. The van der Waals surface area contributed by atoms with Crippen LogP contribution in [0.25, 0.3) is 0 Å². The van der Waals surface area contributed by atoms with Gasteiger partial charge in [0.25, 0.3) is 0 Å². The Hall–Kier alpha value is -1.03. The van der Waals surface area contributed by atoms with Crippen LogP contribution >= 0.6 is 11.6 Å². The van der Waals surface area contributed by atoms with E-state index in [2.05, 4.69) is 10.4 Å². The fourth-order valence-electron chi connectivity index (χ4n) is 1.38. The highest BCUT2D eigenvalue weighted by atomic mass is 35.5. The minimum Gasteiger partial charge on any atom is -0.336 e. The Morgan fingerprint density at radius 1 is 1.44 bits per heavy atom. The first-order valence-corrected chi connectivity index (χ1v) is 6.14. The number of unbranched alkanes of at least 4 members (excludes halogenated alkanes) is 3. The summed E-state index contributed by atoms with van der Waals surface area (Å²) in [5.74, 6) is 0.721. The zero-order valence-corrected chi connectivity index (χ0v) is 10.3. The summed E-state index contributed by atoms with van der Waals surface area (Å²) in [4.78, 5) is 11.5. The summed E-state index contributed by atoms with van der Waals surface area (Å²) < 4.78 is 1.33. The van der Waals surface area contributed by atoms with Crippen LogP contribution in [-0.2, 0) is 0 Å². The lowest BCUT2D eigenvalue weighted by atomic mass is 10.2. The van der Waals surface area contributed by atoms with Crippen molar-refractivity contribution in [2.75, 3.05) is 12.4 Å². The fourth-order valence-corrected chi connectivity index (χ4v) is 1.57. The molecule has 4 nitrogen and oxygen atoms in total. The van der Waals surface area contributed by atoms with Crippen molar-refractivity contribution in [3.05, 3.63) is 18.0 Å². The van der Waals surface area contributed by atoms with E-state index in [9.17, 15) is 4.79 Å². The normalized spacial score (nSPS) is 10.4. The molecule has 1 heterocycles. The van der Waals surface area contributed by atoms with E-state index in [-0.39, 0.29) is 6.03 Å². The summed E-state index contributed by atoms with van der Waals surface area (Å²) in [5.41, 5.74) is 0.845. The number of hydrogen-bond donors (Lipinski definition) is 1. The van der Waals surface area contributed by atoms with E-state index in [0.29, 0.717) is 6.54 Å². The molecule has 1 rings (SSSR count). The molecule has 0 aromatic carbocycles. The van der Waals surface area contributed by atoms with Crippen molar-refractivity contribution in [2.24, 2.45) is 0 Å². The number of carbonyl (C=O) groups excluding carboxylic acids is 1. The van der Waals surface area contributed by atoms with Crippen molar-refractivity contribution in [1.82, 2.24) is 15.1 Å². The van der Waals surface area contributed by atoms with Gasteiger partial charge in [0.05, 0.1) is 5.69 Å². The quantitative estimate of drug-likeness (QED) is 0.617. The van der Waals surface area contributed by atoms with Crippen LogP contribution in [0.5, 0.6) is 0 Å². The molecular formula is C11H18ClN3O. The van der Waals surface area contributed by atoms with Gasteiger partial charge in [-0.2, -0.15) is 9.78 Å². The maximum atomic E-state index is 11.5. The monoisotopic (exact) mass is 243 g/mol. The molecule has 0 bridgehead atoms. The van der Waals surface area contributed by atoms with Gasteiger partial charge in [-0.15, -0.1) is 11.6 Å². The molecule has 0 aliphatic rings. The Morgan fingerprint density at radius 3 is 2.81 bits per heavy atom. The molecule has 0 unspecified atom stereocenters. The third-order valence-electron chi connectivity index (χ3n) is 2.27. The van der Waals surface area contributed by atoms with Gasteiger partial charge in [0.15, 0.2) is 0 Å². The number of halogens is 1. The molecule has 90 valence electrons. The number of hydrogen-bond acceptors (Lipinski definition) is 2. The highest BCUT2D eigenvalue weighted by Gasteiger charge is 2.03. The van der Waals surface area contributed by atoms with Crippen LogP contribution in [0.2, 0.25) is 0 Å². The van der Waals surface area contributed by atoms with Crippen LogP contribution in [0.4, 0.5) is 4.79 Å².